The fraction of sp³-hybridized carbons (Fsp3) is 0.269. The number of pyridine rings is 1. The minimum absolute atomic E-state index is 0.0850. The predicted octanol–water partition coefficient (Wildman–Crippen LogP) is 5.52. The molecule has 0 spiro atoms. The van der Waals surface area contributed by atoms with Gasteiger partial charge in [-0.2, -0.15) is 0 Å². The van der Waals surface area contributed by atoms with Crippen molar-refractivity contribution in [2.75, 3.05) is 7.11 Å². The minimum Gasteiger partial charge on any atom is -0.497 e. The number of fused-ring (bicyclic) bond motifs is 3. The maximum absolute atomic E-state index is 12.8. The molecule has 1 aliphatic rings. The normalized spacial score (nSPS) is 13.9. The molecule has 5 aromatic rings. The van der Waals surface area contributed by atoms with Gasteiger partial charge in [0.25, 0.3) is 11.1 Å². The molecule has 0 bridgehead atoms. The maximum atomic E-state index is 12.8. The van der Waals surface area contributed by atoms with Crippen LogP contribution in [0, 0.1) is 0 Å². The highest BCUT2D eigenvalue weighted by molar-refractivity contribution is 9.10. The zero-order chi connectivity index (χ0) is 25.1. The van der Waals surface area contributed by atoms with Crippen molar-refractivity contribution in [2.45, 2.75) is 38.1 Å². The lowest BCUT2D eigenvalue weighted by molar-refractivity contribution is 0.345. The molecular formula is C26H24BrN5O3S. The molecule has 0 saturated heterocycles. The zero-order valence-corrected chi connectivity index (χ0v) is 22.0. The van der Waals surface area contributed by atoms with Gasteiger partial charge in [0, 0.05) is 29.0 Å². The summed E-state index contributed by atoms with van der Waals surface area (Å²) in [6.07, 6.45) is 12.3. The summed E-state index contributed by atoms with van der Waals surface area (Å²) in [6, 6.07) is 10.8. The number of hydrogen-bond acceptors (Lipinski definition) is 7. The van der Waals surface area contributed by atoms with E-state index in [0.717, 1.165) is 49.2 Å². The standard InChI is InChI=1S/C15H14BrN3OS.C11H10N2O2/c16-10-6-7-17-14-11(10)12-13(21-14)15(20)19(8-18-12)9-4-2-1-3-5-9;1-15-10-4-2-9(3-5-10)13-8-12-7-6-11(13)14/h6-9H,1-5H2;2-8H,1H3. The second-order valence-electron chi connectivity index (χ2n) is 8.49. The van der Waals surface area contributed by atoms with E-state index in [9.17, 15) is 9.59 Å². The largest absolute Gasteiger partial charge is 0.497 e. The van der Waals surface area contributed by atoms with Crippen LogP contribution in [-0.4, -0.2) is 31.2 Å². The molecule has 0 unspecified atom stereocenters. The van der Waals surface area contributed by atoms with Gasteiger partial charge in [0.05, 0.1) is 30.0 Å². The molecule has 0 radical (unpaired) electrons. The van der Waals surface area contributed by atoms with E-state index in [-0.39, 0.29) is 11.1 Å². The summed E-state index contributed by atoms with van der Waals surface area (Å²) in [5.74, 6) is 0.760. The third-order valence-corrected chi connectivity index (χ3v) is 8.03. The van der Waals surface area contributed by atoms with Crippen LogP contribution in [0.1, 0.15) is 38.1 Å². The van der Waals surface area contributed by atoms with Crippen molar-refractivity contribution < 1.29 is 4.74 Å². The summed E-state index contributed by atoms with van der Waals surface area (Å²) < 4.78 is 10.0. The maximum Gasteiger partial charge on any atom is 0.271 e. The lowest BCUT2D eigenvalue weighted by Gasteiger charge is -2.23. The molecule has 0 amide bonds. The number of methoxy groups -OCH3 is 1. The van der Waals surface area contributed by atoms with Crippen LogP contribution in [-0.2, 0) is 0 Å². The van der Waals surface area contributed by atoms with Gasteiger partial charge in [0.2, 0.25) is 0 Å². The molecule has 4 aromatic heterocycles. The van der Waals surface area contributed by atoms with E-state index in [1.165, 1.54) is 53.8 Å². The lowest BCUT2D eigenvalue weighted by atomic mass is 9.95. The molecule has 1 saturated carbocycles. The number of aromatic nitrogens is 5. The molecule has 4 heterocycles. The Morgan fingerprint density at radius 1 is 0.972 bits per heavy atom. The van der Waals surface area contributed by atoms with Crippen LogP contribution in [0.25, 0.3) is 26.1 Å². The van der Waals surface area contributed by atoms with E-state index in [1.807, 2.05) is 22.8 Å². The topological polar surface area (TPSA) is 91.9 Å². The number of nitrogens with zero attached hydrogens (tertiary/aromatic N) is 5. The Morgan fingerprint density at radius 2 is 1.75 bits per heavy atom. The van der Waals surface area contributed by atoms with Crippen molar-refractivity contribution in [3.63, 3.8) is 0 Å². The van der Waals surface area contributed by atoms with Crippen LogP contribution in [0.2, 0.25) is 0 Å². The second kappa shape index (κ2) is 10.7. The number of thiophene rings is 1. The molecular weight excluding hydrogens is 542 g/mol. The van der Waals surface area contributed by atoms with Crippen molar-refractivity contribution in [3.05, 3.63) is 86.6 Å². The van der Waals surface area contributed by atoms with Gasteiger partial charge in [-0.05, 0) is 59.1 Å². The molecule has 1 aliphatic carbocycles. The van der Waals surface area contributed by atoms with Gasteiger partial charge in [-0.1, -0.05) is 19.3 Å². The van der Waals surface area contributed by atoms with Crippen LogP contribution in [0.5, 0.6) is 5.75 Å². The Hall–Kier alpha value is -3.37. The van der Waals surface area contributed by atoms with Crippen molar-refractivity contribution in [3.8, 4) is 11.4 Å². The summed E-state index contributed by atoms with van der Waals surface area (Å²) in [5.41, 5.74) is 1.53. The minimum atomic E-state index is -0.102. The first kappa shape index (κ1) is 24.3. The highest BCUT2D eigenvalue weighted by atomic mass is 79.9. The van der Waals surface area contributed by atoms with Gasteiger partial charge in [0.15, 0.2) is 0 Å². The molecule has 36 heavy (non-hydrogen) atoms. The second-order valence-corrected chi connectivity index (χ2v) is 10.3. The monoisotopic (exact) mass is 565 g/mol. The van der Waals surface area contributed by atoms with Crippen LogP contribution in [0.3, 0.4) is 0 Å². The SMILES string of the molecule is COc1ccc(-n2cnccc2=O)cc1.O=c1c2sc3nccc(Br)c3c2ncn1C1CCCCC1. The van der Waals surface area contributed by atoms with Crippen molar-refractivity contribution in [1.82, 2.24) is 24.1 Å². The first-order valence-corrected chi connectivity index (χ1v) is 13.3. The quantitative estimate of drug-likeness (QED) is 0.286. The third-order valence-electron chi connectivity index (χ3n) is 6.30. The average Bonchev–Trinajstić information content (AvgIpc) is 3.31. The molecule has 10 heteroatoms. The number of halogens is 1. The molecule has 0 atom stereocenters. The average molecular weight is 566 g/mol. The van der Waals surface area contributed by atoms with E-state index in [4.69, 9.17) is 4.74 Å². The Balaban J connectivity index is 0.000000157. The zero-order valence-electron chi connectivity index (χ0n) is 19.6. The van der Waals surface area contributed by atoms with Gasteiger partial charge >= 0.3 is 0 Å². The van der Waals surface area contributed by atoms with Crippen LogP contribution in [0.15, 0.2) is 75.5 Å². The fourth-order valence-electron chi connectivity index (χ4n) is 4.43. The van der Waals surface area contributed by atoms with Crippen molar-refractivity contribution >= 4 is 47.7 Å². The number of benzene rings is 1. The smallest absolute Gasteiger partial charge is 0.271 e. The molecule has 8 nitrogen and oxygen atoms in total. The summed E-state index contributed by atoms with van der Waals surface area (Å²) >= 11 is 4.98. The summed E-state index contributed by atoms with van der Waals surface area (Å²) in [7, 11) is 1.60. The van der Waals surface area contributed by atoms with Gasteiger partial charge < -0.3 is 4.74 Å². The lowest BCUT2D eigenvalue weighted by Crippen LogP contribution is -2.26. The van der Waals surface area contributed by atoms with Gasteiger partial charge in [-0.25, -0.2) is 15.0 Å². The van der Waals surface area contributed by atoms with Gasteiger partial charge in [-0.15, -0.1) is 11.3 Å². The Morgan fingerprint density at radius 3 is 2.47 bits per heavy atom. The molecule has 184 valence electrons. The van der Waals surface area contributed by atoms with Crippen molar-refractivity contribution in [2.24, 2.45) is 0 Å². The molecule has 0 N–H and O–H groups in total. The number of hydrogen-bond donors (Lipinski definition) is 0. The third kappa shape index (κ3) is 4.83. The van der Waals surface area contributed by atoms with E-state index < -0.39 is 0 Å². The van der Waals surface area contributed by atoms with Gasteiger partial charge in [0.1, 0.15) is 21.6 Å². The van der Waals surface area contributed by atoms with Crippen LogP contribution >= 0.6 is 27.3 Å². The Labute approximate surface area is 219 Å². The Kier molecular flexibility index (Phi) is 7.24. The van der Waals surface area contributed by atoms with Crippen LogP contribution < -0.4 is 15.9 Å². The highest BCUT2D eigenvalue weighted by Gasteiger charge is 2.20. The van der Waals surface area contributed by atoms with E-state index in [0.29, 0.717) is 6.04 Å². The molecule has 1 aromatic carbocycles. The van der Waals surface area contributed by atoms with Gasteiger partial charge in [-0.3, -0.25) is 18.7 Å². The molecule has 1 fully saturated rings. The van der Waals surface area contributed by atoms with E-state index in [2.05, 4.69) is 30.9 Å². The van der Waals surface area contributed by atoms with E-state index in [1.54, 1.807) is 31.8 Å². The first-order chi connectivity index (χ1) is 17.6. The molecule has 6 rings (SSSR count). The summed E-state index contributed by atoms with van der Waals surface area (Å²) in [5, 5.41) is 0.949. The summed E-state index contributed by atoms with van der Waals surface area (Å²) in [4.78, 5) is 38.0. The fourth-order valence-corrected chi connectivity index (χ4v) is 6.12. The summed E-state index contributed by atoms with van der Waals surface area (Å²) in [6.45, 7) is 0. The van der Waals surface area contributed by atoms with Crippen LogP contribution in [0.4, 0.5) is 0 Å². The first-order valence-electron chi connectivity index (χ1n) is 11.7. The highest BCUT2D eigenvalue weighted by Crippen LogP contribution is 2.34. The van der Waals surface area contributed by atoms with Crippen molar-refractivity contribution in [1.29, 1.82) is 0 Å². The van der Waals surface area contributed by atoms with E-state index >= 15 is 0 Å². The predicted molar refractivity (Wildman–Crippen MR) is 145 cm³/mol. The number of ether oxygens (including phenoxy) is 1. The molecule has 0 aliphatic heterocycles. The Bertz CT molecular complexity index is 1620. The number of rotatable bonds is 3.